The van der Waals surface area contributed by atoms with Crippen LogP contribution >= 0.6 is 11.3 Å². The number of rotatable bonds is 2. The van der Waals surface area contributed by atoms with E-state index in [1.165, 1.54) is 5.56 Å². The molecule has 0 spiro atoms. The third-order valence-corrected chi connectivity index (χ3v) is 3.83. The molecular formula is C14H15N3S. The highest BCUT2D eigenvalue weighted by Gasteiger charge is 2.24. The number of hydrogen-bond acceptors (Lipinski definition) is 4. The van der Waals surface area contributed by atoms with E-state index in [9.17, 15) is 5.26 Å². The largest absolute Gasteiger partial charge is 0.236 e. The van der Waals surface area contributed by atoms with Crippen molar-refractivity contribution >= 4 is 11.3 Å². The van der Waals surface area contributed by atoms with Gasteiger partial charge >= 0.3 is 0 Å². The van der Waals surface area contributed by atoms with Gasteiger partial charge in [0.25, 0.3) is 0 Å². The Morgan fingerprint density at radius 1 is 1.28 bits per heavy atom. The molecule has 0 aliphatic rings. The van der Waals surface area contributed by atoms with Crippen LogP contribution in [0.15, 0.2) is 17.5 Å². The average Bonchev–Trinajstić information content (AvgIpc) is 2.74. The molecule has 0 aromatic carbocycles. The summed E-state index contributed by atoms with van der Waals surface area (Å²) in [6.45, 7) is 7.68. The Hall–Kier alpha value is -1.73. The SMILES string of the molecule is Cc1cc(-c2sccc2C)nc(C(C)(C)C#N)n1. The van der Waals surface area contributed by atoms with E-state index >= 15 is 0 Å². The van der Waals surface area contributed by atoms with Crippen LogP contribution in [0.25, 0.3) is 10.6 Å². The van der Waals surface area contributed by atoms with E-state index in [1.807, 2.05) is 26.8 Å². The van der Waals surface area contributed by atoms with Crippen molar-refractivity contribution in [1.82, 2.24) is 9.97 Å². The molecule has 0 unspecified atom stereocenters. The lowest BCUT2D eigenvalue weighted by atomic mass is 9.94. The molecule has 0 aliphatic carbocycles. The minimum atomic E-state index is -0.661. The van der Waals surface area contributed by atoms with E-state index in [0.29, 0.717) is 5.82 Å². The monoisotopic (exact) mass is 257 g/mol. The number of nitriles is 1. The number of aryl methyl sites for hydroxylation is 2. The quantitative estimate of drug-likeness (QED) is 0.825. The molecule has 4 heteroatoms. The number of hydrogen-bond donors (Lipinski definition) is 0. The summed E-state index contributed by atoms with van der Waals surface area (Å²) >= 11 is 1.67. The Kier molecular flexibility index (Phi) is 3.18. The van der Waals surface area contributed by atoms with Gasteiger partial charge in [0.2, 0.25) is 0 Å². The zero-order chi connectivity index (χ0) is 13.3. The summed E-state index contributed by atoms with van der Waals surface area (Å²) in [6, 6.07) is 6.29. The highest BCUT2D eigenvalue weighted by molar-refractivity contribution is 7.13. The Morgan fingerprint density at radius 2 is 2.00 bits per heavy atom. The second kappa shape index (κ2) is 4.51. The lowest BCUT2D eigenvalue weighted by molar-refractivity contribution is 0.626. The summed E-state index contributed by atoms with van der Waals surface area (Å²) < 4.78 is 0. The van der Waals surface area contributed by atoms with Crippen molar-refractivity contribution in [1.29, 1.82) is 5.26 Å². The van der Waals surface area contributed by atoms with E-state index < -0.39 is 5.41 Å². The maximum Gasteiger partial charge on any atom is 0.148 e. The summed E-state index contributed by atoms with van der Waals surface area (Å²) in [6.07, 6.45) is 0. The maximum absolute atomic E-state index is 9.19. The zero-order valence-corrected chi connectivity index (χ0v) is 11.8. The summed E-state index contributed by atoms with van der Waals surface area (Å²) in [5.74, 6) is 0.591. The fourth-order valence-corrected chi connectivity index (χ4v) is 2.54. The molecule has 0 saturated carbocycles. The first kappa shape index (κ1) is 12.7. The average molecular weight is 257 g/mol. The van der Waals surface area contributed by atoms with Crippen LogP contribution < -0.4 is 0 Å². The third-order valence-electron chi connectivity index (χ3n) is 2.79. The van der Waals surface area contributed by atoms with Gasteiger partial charge in [-0.3, -0.25) is 0 Å². The van der Waals surface area contributed by atoms with Crippen molar-refractivity contribution in [2.75, 3.05) is 0 Å². The van der Waals surface area contributed by atoms with Gasteiger partial charge in [0.05, 0.1) is 16.6 Å². The fourth-order valence-electron chi connectivity index (χ4n) is 1.65. The van der Waals surface area contributed by atoms with E-state index in [2.05, 4.69) is 34.4 Å². The van der Waals surface area contributed by atoms with Gasteiger partial charge < -0.3 is 0 Å². The molecule has 0 atom stereocenters. The predicted octanol–water partition coefficient (Wildman–Crippen LogP) is 3.62. The summed E-state index contributed by atoms with van der Waals surface area (Å²) in [4.78, 5) is 10.1. The molecule has 2 rings (SSSR count). The topological polar surface area (TPSA) is 49.6 Å². The first-order valence-corrected chi connectivity index (χ1v) is 6.64. The van der Waals surface area contributed by atoms with Gasteiger partial charge in [-0.25, -0.2) is 9.97 Å². The molecule has 0 fully saturated rings. The van der Waals surface area contributed by atoms with Crippen molar-refractivity contribution in [2.45, 2.75) is 33.1 Å². The minimum absolute atomic E-state index is 0.591. The highest BCUT2D eigenvalue weighted by Crippen LogP contribution is 2.29. The van der Waals surface area contributed by atoms with E-state index in [4.69, 9.17) is 0 Å². The lowest BCUT2D eigenvalue weighted by Crippen LogP contribution is -2.19. The van der Waals surface area contributed by atoms with Crippen LogP contribution in [-0.4, -0.2) is 9.97 Å². The van der Waals surface area contributed by atoms with Crippen LogP contribution in [0.1, 0.15) is 30.9 Å². The molecule has 0 saturated heterocycles. The van der Waals surface area contributed by atoms with Crippen molar-refractivity contribution in [2.24, 2.45) is 0 Å². The Labute approximate surface area is 111 Å². The van der Waals surface area contributed by atoms with Crippen LogP contribution in [0.5, 0.6) is 0 Å². The van der Waals surface area contributed by atoms with Gasteiger partial charge in [-0.05, 0) is 50.8 Å². The molecule has 3 nitrogen and oxygen atoms in total. The summed E-state index contributed by atoms with van der Waals surface area (Å²) in [5, 5.41) is 11.2. The third kappa shape index (κ3) is 2.27. The first-order chi connectivity index (χ1) is 8.44. The second-order valence-corrected chi connectivity index (χ2v) is 5.80. The second-order valence-electron chi connectivity index (χ2n) is 4.89. The highest BCUT2D eigenvalue weighted by atomic mass is 32.1. The van der Waals surface area contributed by atoms with Crippen molar-refractivity contribution in [3.8, 4) is 16.6 Å². The molecule has 18 heavy (non-hydrogen) atoms. The first-order valence-electron chi connectivity index (χ1n) is 5.76. The van der Waals surface area contributed by atoms with Crippen LogP contribution in [0.2, 0.25) is 0 Å². The molecule has 0 N–H and O–H groups in total. The standard InChI is InChI=1S/C14H15N3S/c1-9-5-6-18-12(9)11-7-10(2)16-13(17-11)14(3,4)8-15/h5-7H,1-4H3. The van der Waals surface area contributed by atoms with Gasteiger partial charge in [-0.1, -0.05) is 0 Å². The smallest absolute Gasteiger partial charge is 0.148 e. The number of nitrogens with zero attached hydrogens (tertiary/aromatic N) is 3. The Bertz CT molecular complexity index is 620. The van der Waals surface area contributed by atoms with E-state index in [1.54, 1.807) is 11.3 Å². The lowest BCUT2D eigenvalue weighted by Gasteiger charge is -2.15. The van der Waals surface area contributed by atoms with Gasteiger partial charge in [0.15, 0.2) is 0 Å². The molecule has 2 heterocycles. The minimum Gasteiger partial charge on any atom is -0.236 e. The van der Waals surface area contributed by atoms with Crippen LogP contribution in [0.4, 0.5) is 0 Å². The molecule has 2 aromatic heterocycles. The van der Waals surface area contributed by atoms with Gasteiger partial charge in [0.1, 0.15) is 11.2 Å². The van der Waals surface area contributed by atoms with E-state index in [-0.39, 0.29) is 0 Å². The Balaban J connectivity index is 2.59. The summed E-state index contributed by atoms with van der Waals surface area (Å²) in [5.41, 5.74) is 2.35. The fraction of sp³-hybridized carbons (Fsp3) is 0.357. The maximum atomic E-state index is 9.19. The molecule has 0 amide bonds. The molecule has 92 valence electrons. The normalized spacial score (nSPS) is 11.3. The number of aromatic nitrogens is 2. The van der Waals surface area contributed by atoms with Crippen molar-refractivity contribution in [3.63, 3.8) is 0 Å². The molecule has 2 aromatic rings. The van der Waals surface area contributed by atoms with Gasteiger partial charge in [-0.2, -0.15) is 5.26 Å². The molecule has 0 radical (unpaired) electrons. The van der Waals surface area contributed by atoms with Crippen LogP contribution in [-0.2, 0) is 5.41 Å². The molecule has 0 bridgehead atoms. The summed E-state index contributed by atoms with van der Waals surface area (Å²) in [7, 11) is 0. The van der Waals surface area contributed by atoms with Crippen molar-refractivity contribution in [3.05, 3.63) is 34.6 Å². The van der Waals surface area contributed by atoms with Crippen molar-refractivity contribution < 1.29 is 0 Å². The predicted molar refractivity (Wildman–Crippen MR) is 73.5 cm³/mol. The Morgan fingerprint density at radius 3 is 2.56 bits per heavy atom. The zero-order valence-electron chi connectivity index (χ0n) is 11.0. The van der Waals surface area contributed by atoms with Crippen LogP contribution in [0.3, 0.4) is 0 Å². The van der Waals surface area contributed by atoms with E-state index in [0.717, 1.165) is 16.3 Å². The molecule has 0 aliphatic heterocycles. The van der Waals surface area contributed by atoms with Crippen LogP contribution in [0, 0.1) is 25.2 Å². The van der Waals surface area contributed by atoms with Gasteiger partial charge in [0, 0.05) is 5.69 Å². The number of thiophene rings is 1. The van der Waals surface area contributed by atoms with Gasteiger partial charge in [-0.15, -0.1) is 11.3 Å². The molecular weight excluding hydrogens is 242 g/mol.